The minimum Gasteiger partial charge on any atom is -0.384 e. The second-order valence-corrected chi connectivity index (χ2v) is 6.12. The molecule has 6 heteroatoms. The van der Waals surface area contributed by atoms with Crippen molar-refractivity contribution in [1.82, 2.24) is 14.9 Å². The Hall–Kier alpha value is -2.94. The molecule has 0 radical (unpaired) electrons. The van der Waals surface area contributed by atoms with Crippen LogP contribution >= 0.6 is 0 Å². The van der Waals surface area contributed by atoms with Crippen molar-refractivity contribution in [3.8, 4) is 17.3 Å². The van der Waals surface area contributed by atoms with Crippen molar-refractivity contribution in [3.05, 3.63) is 42.5 Å². The predicted molar refractivity (Wildman–Crippen MR) is 84.0 cm³/mol. The van der Waals surface area contributed by atoms with Gasteiger partial charge in [-0.05, 0) is 30.0 Å². The summed E-state index contributed by atoms with van der Waals surface area (Å²) in [5.41, 5.74) is 3.69. The lowest BCUT2D eigenvalue weighted by Gasteiger charge is -2.33. The Kier molecular flexibility index (Phi) is 3.01. The summed E-state index contributed by atoms with van der Waals surface area (Å²) in [7, 11) is 0. The van der Waals surface area contributed by atoms with E-state index in [2.05, 4.69) is 21.4 Å². The maximum atomic E-state index is 12.5. The molecule has 1 saturated heterocycles. The van der Waals surface area contributed by atoms with Crippen LogP contribution in [0.15, 0.2) is 36.9 Å². The Morgan fingerprint density at radius 2 is 2.09 bits per heavy atom. The number of carbonyl (C=O) groups excluding carboxylic acids is 1. The van der Waals surface area contributed by atoms with Crippen molar-refractivity contribution in [2.45, 2.75) is 12.8 Å². The van der Waals surface area contributed by atoms with Crippen molar-refractivity contribution in [3.63, 3.8) is 0 Å². The van der Waals surface area contributed by atoms with Crippen molar-refractivity contribution in [1.29, 1.82) is 5.26 Å². The first-order valence-electron chi connectivity index (χ1n) is 7.56. The lowest BCUT2D eigenvalue weighted by Crippen LogP contribution is -2.42. The molecule has 2 aliphatic heterocycles. The van der Waals surface area contributed by atoms with Crippen LogP contribution in [0.5, 0.6) is 0 Å². The van der Waals surface area contributed by atoms with Crippen molar-refractivity contribution in [2.24, 2.45) is 5.41 Å². The molecular formula is C17H15N5O. The van der Waals surface area contributed by atoms with E-state index in [9.17, 15) is 4.79 Å². The van der Waals surface area contributed by atoms with Gasteiger partial charge in [-0.2, -0.15) is 5.26 Å². The maximum absolute atomic E-state index is 12.5. The number of hydrogen-bond acceptors (Lipinski definition) is 5. The molecule has 1 aromatic heterocycles. The lowest BCUT2D eigenvalue weighted by molar-refractivity contribution is -0.133. The van der Waals surface area contributed by atoms with Gasteiger partial charge in [0.25, 0.3) is 0 Å². The standard InChI is InChI=1S/C17H15N5O/c18-10-22-4-3-17(16(22)23)6-13-2-1-12(5-15(13)21-9-17)14-7-19-11-20-8-14/h1-2,5,7-8,11,21H,3-4,6,9H2. The Balaban J connectivity index is 1.65. The van der Waals surface area contributed by atoms with E-state index in [0.29, 0.717) is 19.5 Å². The molecular weight excluding hydrogens is 290 g/mol. The molecule has 0 aliphatic carbocycles. The van der Waals surface area contributed by atoms with E-state index in [4.69, 9.17) is 5.26 Å². The van der Waals surface area contributed by atoms with E-state index >= 15 is 0 Å². The average molecular weight is 305 g/mol. The van der Waals surface area contributed by atoms with Gasteiger partial charge < -0.3 is 5.32 Å². The van der Waals surface area contributed by atoms with Crippen LogP contribution in [0.2, 0.25) is 0 Å². The highest BCUT2D eigenvalue weighted by molar-refractivity contribution is 5.88. The molecule has 3 heterocycles. The molecule has 0 saturated carbocycles. The third-order valence-electron chi connectivity index (χ3n) is 4.78. The number of hydrogen-bond donors (Lipinski definition) is 1. The summed E-state index contributed by atoms with van der Waals surface area (Å²) in [5, 5.41) is 12.4. The van der Waals surface area contributed by atoms with Gasteiger partial charge in [0.1, 0.15) is 6.33 Å². The van der Waals surface area contributed by atoms with E-state index < -0.39 is 5.41 Å². The number of likely N-dealkylation sites (tertiary alicyclic amines) is 1. The summed E-state index contributed by atoms with van der Waals surface area (Å²) in [6.45, 7) is 1.09. The summed E-state index contributed by atoms with van der Waals surface area (Å²) in [4.78, 5) is 21.8. The van der Waals surface area contributed by atoms with Gasteiger partial charge in [0.05, 0.1) is 5.41 Å². The SMILES string of the molecule is N#CN1CCC2(CNc3cc(-c4cncnc4)ccc3C2)C1=O. The van der Waals surface area contributed by atoms with Crippen LogP contribution in [0.1, 0.15) is 12.0 Å². The molecule has 2 aromatic rings. The fraction of sp³-hybridized carbons (Fsp3) is 0.294. The summed E-state index contributed by atoms with van der Waals surface area (Å²) in [6.07, 6.45) is 8.46. The number of benzene rings is 1. The molecule has 1 fully saturated rings. The van der Waals surface area contributed by atoms with Gasteiger partial charge in [-0.25, -0.2) is 14.9 Å². The Morgan fingerprint density at radius 3 is 2.83 bits per heavy atom. The number of anilines is 1. The maximum Gasteiger partial charge on any atom is 0.243 e. The number of fused-ring (bicyclic) bond motifs is 1. The largest absolute Gasteiger partial charge is 0.384 e. The number of rotatable bonds is 1. The molecule has 1 spiro atoms. The van der Waals surface area contributed by atoms with E-state index in [1.54, 1.807) is 12.4 Å². The molecule has 6 nitrogen and oxygen atoms in total. The highest BCUT2D eigenvalue weighted by atomic mass is 16.2. The molecule has 1 amide bonds. The van der Waals surface area contributed by atoms with Gasteiger partial charge in [-0.3, -0.25) is 4.79 Å². The molecule has 1 atom stereocenters. The van der Waals surface area contributed by atoms with Gasteiger partial charge >= 0.3 is 0 Å². The fourth-order valence-corrected chi connectivity index (χ4v) is 3.46. The molecule has 1 unspecified atom stereocenters. The second kappa shape index (κ2) is 5.06. The average Bonchev–Trinajstić information content (AvgIpc) is 2.91. The first kappa shape index (κ1) is 13.7. The van der Waals surface area contributed by atoms with Gasteiger partial charge in [-0.1, -0.05) is 12.1 Å². The summed E-state index contributed by atoms with van der Waals surface area (Å²) in [6, 6.07) is 6.15. The minimum absolute atomic E-state index is 0.0568. The Labute approximate surface area is 133 Å². The highest BCUT2D eigenvalue weighted by Crippen LogP contribution is 2.41. The summed E-state index contributed by atoms with van der Waals surface area (Å²) in [5.74, 6) is -0.0568. The monoisotopic (exact) mass is 305 g/mol. The molecule has 0 bridgehead atoms. The van der Waals surface area contributed by atoms with Gasteiger partial charge in [-0.15, -0.1) is 0 Å². The number of nitrogens with zero attached hydrogens (tertiary/aromatic N) is 4. The summed E-state index contributed by atoms with van der Waals surface area (Å²) < 4.78 is 0. The topological polar surface area (TPSA) is 81.9 Å². The molecule has 1 aromatic carbocycles. The minimum atomic E-state index is -0.472. The third-order valence-corrected chi connectivity index (χ3v) is 4.78. The molecule has 4 rings (SSSR count). The smallest absolute Gasteiger partial charge is 0.243 e. The number of amides is 1. The normalized spacial score (nSPS) is 22.6. The van der Waals surface area contributed by atoms with Crippen LogP contribution in [0.3, 0.4) is 0 Å². The Morgan fingerprint density at radius 1 is 1.26 bits per heavy atom. The molecule has 1 N–H and O–H groups in total. The summed E-state index contributed by atoms with van der Waals surface area (Å²) >= 11 is 0. The van der Waals surface area contributed by atoms with Crippen LogP contribution in [-0.4, -0.2) is 33.9 Å². The van der Waals surface area contributed by atoms with E-state index in [1.807, 2.05) is 18.3 Å². The van der Waals surface area contributed by atoms with E-state index in [0.717, 1.165) is 28.8 Å². The first-order valence-corrected chi connectivity index (χ1v) is 7.56. The third kappa shape index (κ3) is 2.13. The molecule has 23 heavy (non-hydrogen) atoms. The van der Waals surface area contributed by atoms with Crippen LogP contribution in [0.4, 0.5) is 5.69 Å². The van der Waals surface area contributed by atoms with Gasteiger partial charge in [0.15, 0.2) is 6.19 Å². The number of nitriles is 1. The van der Waals surface area contributed by atoms with E-state index in [-0.39, 0.29) is 5.91 Å². The van der Waals surface area contributed by atoms with Crippen molar-refractivity contribution < 1.29 is 4.79 Å². The number of carbonyl (C=O) groups is 1. The van der Waals surface area contributed by atoms with Crippen LogP contribution in [0, 0.1) is 16.9 Å². The van der Waals surface area contributed by atoms with Gasteiger partial charge in [0, 0.05) is 36.7 Å². The van der Waals surface area contributed by atoms with Gasteiger partial charge in [0.2, 0.25) is 5.91 Å². The molecule has 114 valence electrons. The highest BCUT2D eigenvalue weighted by Gasteiger charge is 2.48. The zero-order chi connectivity index (χ0) is 15.9. The van der Waals surface area contributed by atoms with E-state index in [1.165, 1.54) is 11.2 Å². The van der Waals surface area contributed by atoms with Crippen LogP contribution in [0.25, 0.3) is 11.1 Å². The van der Waals surface area contributed by atoms with Crippen molar-refractivity contribution in [2.75, 3.05) is 18.4 Å². The lowest BCUT2D eigenvalue weighted by atomic mass is 9.77. The predicted octanol–water partition coefficient (Wildman–Crippen LogP) is 1.81. The zero-order valence-corrected chi connectivity index (χ0v) is 12.5. The zero-order valence-electron chi connectivity index (χ0n) is 12.5. The van der Waals surface area contributed by atoms with Crippen LogP contribution < -0.4 is 5.32 Å². The number of aromatic nitrogens is 2. The Bertz CT molecular complexity index is 813. The first-order chi connectivity index (χ1) is 11.2. The quantitative estimate of drug-likeness (QED) is 0.813. The van der Waals surface area contributed by atoms with Crippen LogP contribution in [-0.2, 0) is 11.2 Å². The van der Waals surface area contributed by atoms with Crippen molar-refractivity contribution >= 4 is 11.6 Å². The number of nitrogens with one attached hydrogen (secondary N) is 1. The second-order valence-electron chi connectivity index (χ2n) is 6.12. The fourth-order valence-electron chi connectivity index (χ4n) is 3.46. The molecule has 2 aliphatic rings.